The molecule has 0 aliphatic rings. The topological polar surface area (TPSA) is 76.7 Å². The summed E-state index contributed by atoms with van der Waals surface area (Å²) in [6.07, 6.45) is 0. The summed E-state index contributed by atoms with van der Waals surface area (Å²) in [5, 5.41) is 9.89. The first-order valence-electron chi connectivity index (χ1n) is 4.57. The van der Waals surface area contributed by atoms with Crippen molar-refractivity contribution in [3.05, 3.63) is 39.2 Å². The van der Waals surface area contributed by atoms with Crippen molar-refractivity contribution < 1.29 is 19.1 Å². The Morgan fingerprint density at radius 3 is 2.76 bits per heavy atom. The van der Waals surface area contributed by atoms with E-state index < -0.39 is 11.4 Å². The summed E-state index contributed by atoms with van der Waals surface area (Å²) in [6.45, 7) is 0. The second-order valence-electron chi connectivity index (χ2n) is 3.27. The molecule has 2 rings (SSSR count). The molecular weight excluding hydrogens is 248 g/mol. The van der Waals surface area contributed by atoms with Gasteiger partial charge in [-0.2, -0.15) is 0 Å². The number of carbonyl (C=O) groups excluding carboxylic acids is 1. The highest BCUT2D eigenvalue weighted by Crippen LogP contribution is 2.27. The molecule has 2 aromatic rings. The highest BCUT2D eigenvalue weighted by molar-refractivity contribution is 6.31. The van der Waals surface area contributed by atoms with Crippen LogP contribution in [-0.2, 0) is 4.74 Å². The monoisotopic (exact) mass is 254 g/mol. The van der Waals surface area contributed by atoms with Gasteiger partial charge in [-0.1, -0.05) is 11.6 Å². The van der Waals surface area contributed by atoms with E-state index in [1.54, 1.807) is 0 Å². The maximum absolute atomic E-state index is 11.7. The molecule has 0 spiro atoms. The lowest BCUT2D eigenvalue weighted by molar-refractivity contribution is 0.0565. The molecule has 17 heavy (non-hydrogen) atoms. The number of rotatable bonds is 1. The van der Waals surface area contributed by atoms with Crippen LogP contribution in [0.25, 0.3) is 11.0 Å². The van der Waals surface area contributed by atoms with Crippen molar-refractivity contribution >= 4 is 28.5 Å². The molecule has 0 fully saturated rings. The molecule has 1 aromatic carbocycles. The number of ether oxygens (including phenoxy) is 1. The number of carbonyl (C=O) groups is 1. The Morgan fingerprint density at radius 1 is 1.41 bits per heavy atom. The number of halogens is 1. The molecule has 0 aliphatic carbocycles. The van der Waals surface area contributed by atoms with Gasteiger partial charge in [0.25, 0.3) is 0 Å². The number of phenols is 1. The largest absolute Gasteiger partial charge is 0.504 e. The lowest BCUT2D eigenvalue weighted by Crippen LogP contribution is -2.08. The first-order valence-corrected chi connectivity index (χ1v) is 4.95. The van der Waals surface area contributed by atoms with Crippen molar-refractivity contribution in [1.29, 1.82) is 0 Å². The van der Waals surface area contributed by atoms with Crippen molar-refractivity contribution in [2.75, 3.05) is 7.11 Å². The van der Waals surface area contributed by atoms with Gasteiger partial charge in [0.05, 0.1) is 12.5 Å². The van der Waals surface area contributed by atoms with Crippen LogP contribution < -0.4 is 5.43 Å². The lowest BCUT2D eigenvalue weighted by Gasteiger charge is -2.03. The first-order chi connectivity index (χ1) is 8.02. The van der Waals surface area contributed by atoms with Gasteiger partial charge in [-0.3, -0.25) is 4.79 Å². The Labute approximate surface area is 100 Å². The van der Waals surface area contributed by atoms with E-state index in [0.717, 1.165) is 13.2 Å². The zero-order chi connectivity index (χ0) is 12.6. The summed E-state index contributed by atoms with van der Waals surface area (Å²) in [5.74, 6) is -1.38. The summed E-state index contributed by atoms with van der Waals surface area (Å²) in [6, 6.07) is 3.56. The molecule has 0 unspecified atom stereocenters. The molecule has 6 heteroatoms. The third-order valence-corrected chi connectivity index (χ3v) is 2.38. The van der Waals surface area contributed by atoms with Crippen LogP contribution in [0.4, 0.5) is 0 Å². The fraction of sp³-hybridized carbons (Fsp3) is 0.0909. The third-order valence-electron chi connectivity index (χ3n) is 2.16. The fourth-order valence-corrected chi connectivity index (χ4v) is 1.62. The highest BCUT2D eigenvalue weighted by atomic mass is 35.5. The average Bonchev–Trinajstić information content (AvgIpc) is 2.29. The van der Waals surface area contributed by atoms with Gasteiger partial charge in [-0.25, -0.2) is 4.79 Å². The molecule has 1 N–H and O–H groups in total. The lowest BCUT2D eigenvalue weighted by atomic mass is 10.2. The normalized spacial score (nSPS) is 10.5. The minimum absolute atomic E-state index is 0.0951. The minimum atomic E-state index is -0.793. The van der Waals surface area contributed by atoms with Crippen molar-refractivity contribution in [2.45, 2.75) is 0 Å². The number of methoxy groups -OCH3 is 1. The van der Waals surface area contributed by atoms with Gasteiger partial charge in [0.2, 0.25) is 5.76 Å². The number of hydrogen-bond acceptors (Lipinski definition) is 5. The van der Waals surface area contributed by atoms with E-state index in [9.17, 15) is 14.7 Å². The number of benzene rings is 1. The number of hydrogen-bond donors (Lipinski definition) is 1. The molecule has 0 aliphatic heterocycles. The number of esters is 1. The van der Waals surface area contributed by atoms with Gasteiger partial charge in [0, 0.05) is 17.2 Å². The molecule has 5 nitrogen and oxygen atoms in total. The molecule has 0 bridgehead atoms. The SMILES string of the molecule is COC(=O)c1cc(=O)c2cc(Cl)cc(O)c2o1. The van der Waals surface area contributed by atoms with Crippen LogP contribution in [0, 0.1) is 0 Å². The quantitative estimate of drug-likeness (QED) is 0.787. The summed E-state index contributed by atoms with van der Waals surface area (Å²) in [7, 11) is 1.16. The van der Waals surface area contributed by atoms with Gasteiger partial charge >= 0.3 is 5.97 Å². The Bertz CT molecular complexity index is 659. The van der Waals surface area contributed by atoms with E-state index in [-0.39, 0.29) is 27.5 Å². The molecule has 88 valence electrons. The van der Waals surface area contributed by atoms with E-state index in [1.807, 2.05) is 0 Å². The van der Waals surface area contributed by atoms with Gasteiger partial charge in [-0.05, 0) is 6.07 Å². The van der Waals surface area contributed by atoms with Crippen LogP contribution in [0.15, 0.2) is 27.4 Å². The molecule has 0 atom stereocenters. The maximum Gasteiger partial charge on any atom is 0.374 e. The summed E-state index contributed by atoms with van der Waals surface area (Å²) in [4.78, 5) is 22.9. The van der Waals surface area contributed by atoms with E-state index in [4.69, 9.17) is 16.0 Å². The second kappa shape index (κ2) is 4.10. The molecule has 1 heterocycles. The van der Waals surface area contributed by atoms with Crippen LogP contribution in [0.1, 0.15) is 10.6 Å². The standard InChI is InChI=1S/C11H7ClO5/c1-16-11(15)9-4-7(13)6-2-5(12)3-8(14)10(6)17-9/h2-4,14H,1H3. The molecule has 1 aromatic heterocycles. The van der Waals surface area contributed by atoms with Crippen LogP contribution >= 0.6 is 11.6 Å². The Morgan fingerprint density at radius 2 is 2.12 bits per heavy atom. The number of aromatic hydroxyl groups is 1. The Kier molecular flexibility index (Phi) is 2.77. The number of fused-ring (bicyclic) bond motifs is 1. The molecule has 0 radical (unpaired) electrons. The summed E-state index contributed by atoms with van der Waals surface area (Å²) >= 11 is 5.69. The van der Waals surface area contributed by atoms with E-state index in [2.05, 4.69) is 4.74 Å². The molecule has 0 saturated heterocycles. The van der Waals surface area contributed by atoms with Gasteiger partial charge in [0.1, 0.15) is 0 Å². The van der Waals surface area contributed by atoms with Crippen molar-refractivity contribution in [1.82, 2.24) is 0 Å². The van der Waals surface area contributed by atoms with Crippen LogP contribution in [0.5, 0.6) is 5.75 Å². The predicted octanol–water partition coefficient (Wildman–Crippen LogP) is 1.94. The van der Waals surface area contributed by atoms with Crippen molar-refractivity contribution in [3.63, 3.8) is 0 Å². The van der Waals surface area contributed by atoms with Crippen molar-refractivity contribution in [3.8, 4) is 5.75 Å². The zero-order valence-corrected chi connectivity index (χ0v) is 9.45. The average molecular weight is 255 g/mol. The van der Waals surface area contributed by atoms with Gasteiger partial charge in [0.15, 0.2) is 16.8 Å². The predicted molar refractivity (Wildman–Crippen MR) is 60.5 cm³/mol. The van der Waals surface area contributed by atoms with Gasteiger partial charge < -0.3 is 14.3 Å². The molecule has 0 amide bonds. The smallest absolute Gasteiger partial charge is 0.374 e. The van der Waals surface area contributed by atoms with Crippen LogP contribution in [0.3, 0.4) is 0 Å². The van der Waals surface area contributed by atoms with Crippen LogP contribution in [0.2, 0.25) is 5.02 Å². The fourth-order valence-electron chi connectivity index (χ4n) is 1.41. The maximum atomic E-state index is 11.7. The highest BCUT2D eigenvalue weighted by Gasteiger charge is 2.15. The summed E-state index contributed by atoms with van der Waals surface area (Å²) in [5.41, 5.74) is -0.577. The second-order valence-corrected chi connectivity index (χ2v) is 3.70. The molecule has 0 saturated carbocycles. The first kappa shape index (κ1) is 11.5. The Hall–Kier alpha value is -2.01. The molecular formula is C11H7ClO5. The van der Waals surface area contributed by atoms with Gasteiger partial charge in [-0.15, -0.1) is 0 Å². The minimum Gasteiger partial charge on any atom is -0.504 e. The number of phenolic OH excluding ortho intramolecular Hbond substituents is 1. The van der Waals surface area contributed by atoms with E-state index in [1.165, 1.54) is 12.1 Å². The van der Waals surface area contributed by atoms with E-state index >= 15 is 0 Å². The van der Waals surface area contributed by atoms with Crippen molar-refractivity contribution in [2.24, 2.45) is 0 Å². The van der Waals surface area contributed by atoms with Crippen LogP contribution in [-0.4, -0.2) is 18.2 Å². The zero-order valence-electron chi connectivity index (χ0n) is 8.69. The Balaban J connectivity index is 2.82. The third kappa shape index (κ3) is 1.97. The van der Waals surface area contributed by atoms with E-state index in [0.29, 0.717) is 0 Å². The summed E-state index contributed by atoms with van der Waals surface area (Å²) < 4.78 is 9.52.